The minimum Gasteiger partial charge on any atom is -0.486 e. The fraction of sp³-hybridized carbons (Fsp3) is 0.231. The highest BCUT2D eigenvalue weighted by Gasteiger charge is 2.15. The highest BCUT2D eigenvalue weighted by atomic mass is 35.5. The molecule has 0 amide bonds. The van der Waals surface area contributed by atoms with Crippen LogP contribution < -0.4 is 20.9 Å². The molecule has 0 aliphatic carbocycles. The minimum atomic E-state index is -0.385. The van der Waals surface area contributed by atoms with Gasteiger partial charge in [0, 0.05) is 18.0 Å². The third-order valence-corrected chi connectivity index (χ3v) is 3.16. The molecule has 0 saturated carbocycles. The first-order valence-electron chi connectivity index (χ1n) is 6.03. The van der Waals surface area contributed by atoms with Gasteiger partial charge in [-0.2, -0.15) is 0 Å². The Bertz CT molecular complexity index is 714. The number of aromatic nitrogens is 2. The fourth-order valence-corrected chi connectivity index (χ4v) is 2.18. The van der Waals surface area contributed by atoms with Crippen molar-refractivity contribution < 1.29 is 9.47 Å². The van der Waals surface area contributed by atoms with Crippen LogP contribution in [-0.4, -0.2) is 22.8 Å². The molecule has 0 unspecified atom stereocenters. The number of nitrogen functional groups attached to an aromatic ring is 1. The average Bonchev–Trinajstić information content (AvgIpc) is 2.43. The van der Waals surface area contributed by atoms with E-state index >= 15 is 0 Å². The first-order valence-corrected chi connectivity index (χ1v) is 6.41. The van der Waals surface area contributed by atoms with Gasteiger partial charge in [0.05, 0.1) is 17.8 Å². The van der Waals surface area contributed by atoms with Crippen molar-refractivity contribution in [2.75, 3.05) is 18.9 Å². The number of fused-ring (bicyclic) bond motifs is 1. The van der Waals surface area contributed by atoms with Gasteiger partial charge < -0.3 is 15.2 Å². The number of nitrogens with zero attached hydrogens (tertiary/aromatic N) is 2. The maximum Gasteiger partial charge on any atom is 0.347 e. The van der Waals surface area contributed by atoms with E-state index in [0.717, 1.165) is 5.56 Å². The lowest BCUT2D eigenvalue weighted by atomic mass is 10.1. The molecule has 20 heavy (non-hydrogen) atoms. The van der Waals surface area contributed by atoms with E-state index in [9.17, 15) is 4.79 Å². The van der Waals surface area contributed by atoms with Gasteiger partial charge in [-0.3, -0.25) is 4.57 Å². The van der Waals surface area contributed by atoms with E-state index in [1.54, 1.807) is 12.1 Å². The number of halogens is 1. The quantitative estimate of drug-likeness (QED) is 0.844. The molecule has 0 atom stereocenters. The van der Waals surface area contributed by atoms with Crippen molar-refractivity contribution >= 4 is 17.3 Å². The largest absolute Gasteiger partial charge is 0.486 e. The molecular formula is C13H12ClN3O3. The van der Waals surface area contributed by atoms with E-state index in [-0.39, 0.29) is 12.2 Å². The first kappa shape index (κ1) is 12.8. The summed E-state index contributed by atoms with van der Waals surface area (Å²) in [6.45, 7) is 1.27. The molecule has 3 rings (SSSR count). The standard InChI is InChI=1S/C13H12ClN3O3/c14-9-5-16-13(18)17(7-9)6-8-3-11-12(4-10(8)15)20-2-1-19-11/h3-5,7H,1-2,6,15H2. The van der Waals surface area contributed by atoms with Crippen molar-refractivity contribution in [3.8, 4) is 11.5 Å². The lowest BCUT2D eigenvalue weighted by Crippen LogP contribution is -2.23. The van der Waals surface area contributed by atoms with Crippen LogP contribution in [0.4, 0.5) is 5.69 Å². The second-order valence-corrected chi connectivity index (χ2v) is 4.81. The van der Waals surface area contributed by atoms with Crippen molar-refractivity contribution in [2.24, 2.45) is 0 Å². The second-order valence-electron chi connectivity index (χ2n) is 4.38. The van der Waals surface area contributed by atoms with E-state index < -0.39 is 0 Å². The van der Waals surface area contributed by atoms with E-state index in [2.05, 4.69) is 4.98 Å². The van der Waals surface area contributed by atoms with Crippen LogP contribution >= 0.6 is 11.6 Å². The van der Waals surface area contributed by atoms with Gasteiger partial charge in [-0.1, -0.05) is 11.6 Å². The van der Waals surface area contributed by atoms with Crippen LogP contribution in [-0.2, 0) is 6.54 Å². The average molecular weight is 294 g/mol. The molecule has 0 saturated heterocycles. The van der Waals surface area contributed by atoms with Gasteiger partial charge in [0.25, 0.3) is 0 Å². The molecule has 1 aliphatic heterocycles. The van der Waals surface area contributed by atoms with Gasteiger partial charge in [0.1, 0.15) is 13.2 Å². The molecule has 2 N–H and O–H groups in total. The summed E-state index contributed by atoms with van der Waals surface area (Å²) >= 11 is 5.84. The number of benzene rings is 1. The third-order valence-electron chi connectivity index (χ3n) is 2.97. The maximum absolute atomic E-state index is 11.7. The summed E-state index contributed by atoms with van der Waals surface area (Å²) in [4.78, 5) is 15.3. The highest BCUT2D eigenvalue weighted by Crippen LogP contribution is 2.34. The Morgan fingerprint density at radius 3 is 2.75 bits per heavy atom. The summed E-state index contributed by atoms with van der Waals surface area (Å²) in [5.41, 5.74) is 6.87. The molecule has 1 aromatic heterocycles. The summed E-state index contributed by atoms with van der Waals surface area (Å²) in [6, 6.07) is 3.48. The zero-order valence-corrected chi connectivity index (χ0v) is 11.3. The molecule has 0 bridgehead atoms. The Hall–Kier alpha value is -2.21. The minimum absolute atomic E-state index is 0.273. The van der Waals surface area contributed by atoms with Gasteiger partial charge in [-0.15, -0.1) is 0 Å². The number of hydrogen-bond acceptors (Lipinski definition) is 5. The van der Waals surface area contributed by atoms with Crippen molar-refractivity contribution in [1.29, 1.82) is 0 Å². The first-order chi connectivity index (χ1) is 9.63. The Morgan fingerprint density at radius 1 is 1.30 bits per heavy atom. The maximum atomic E-state index is 11.7. The number of hydrogen-bond donors (Lipinski definition) is 1. The summed E-state index contributed by atoms with van der Waals surface area (Å²) in [7, 11) is 0. The van der Waals surface area contributed by atoms with Crippen LogP contribution in [0.2, 0.25) is 5.02 Å². The van der Waals surface area contributed by atoms with Crippen LogP contribution in [0.15, 0.2) is 29.3 Å². The summed E-state index contributed by atoms with van der Waals surface area (Å²) in [5, 5.41) is 0.390. The Balaban J connectivity index is 1.98. The third kappa shape index (κ3) is 2.42. The molecule has 2 aromatic rings. The monoisotopic (exact) mass is 293 g/mol. The molecule has 6 nitrogen and oxygen atoms in total. The van der Waals surface area contributed by atoms with E-state index in [1.807, 2.05) is 0 Å². The molecule has 104 valence electrons. The molecular weight excluding hydrogens is 282 g/mol. The Labute approximate surface area is 119 Å². The Kier molecular flexibility index (Phi) is 3.23. The zero-order chi connectivity index (χ0) is 14.1. The van der Waals surface area contributed by atoms with Crippen molar-refractivity contribution in [1.82, 2.24) is 9.55 Å². The van der Waals surface area contributed by atoms with Crippen molar-refractivity contribution in [3.63, 3.8) is 0 Å². The molecule has 1 aliphatic rings. The topological polar surface area (TPSA) is 79.4 Å². The second kappa shape index (κ2) is 5.05. The van der Waals surface area contributed by atoms with Gasteiger partial charge in [0.2, 0.25) is 0 Å². The zero-order valence-electron chi connectivity index (χ0n) is 10.5. The van der Waals surface area contributed by atoms with Gasteiger partial charge in [-0.25, -0.2) is 9.78 Å². The SMILES string of the molecule is Nc1cc2c(cc1Cn1cc(Cl)cnc1=O)OCCO2. The van der Waals surface area contributed by atoms with Crippen LogP contribution in [0.25, 0.3) is 0 Å². The van der Waals surface area contributed by atoms with E-state index in [0.29, 0.717) is 35.4 Å². The van der Waals surface area contributed by atoms with E-state index in [4.69, 9.17) is 26.8 Å². The summed E-state index contributed by atoms with van der Waals surface area (Å²) < 4.78 is 12.3. The molecule has 0 fully saturated rings. The van der Waals surface area contributed by atoms with Crippen LogP contribution in [0, 0.1) is 0 Å². The number of rotatable bonds is 2. The van der Waals surface area contributed by atoms with Crippen LogP contribution in [0.5, 0.6) is 11.5 Å². The summed E-state index contributed by atoms with van der Waals surface area (Å²) in [6.07, 6.45) is 2.83. The highest BCUT2D eigenvalue weighted by molar-refractivity contribution is 6.30. The summed E-state index contributed by atoms with van der Waals surface area (Å²) in [5.74, 6) is 1.25. The molecule has 1 aromatic carbocycles. The lowest BCUT2D eigenvalue weighted by molar-refractivity contribution is 0.171. The van der Waals surface area contributed by atoms with Gasteiger partial charge in [-0.05, 0) is 11.6 Å². The lowest BCUT2D eigenvalue weighted by Gasteiger charge is -2.20. The number of ether oxygens (including phenoxy) is 2. The predicted molar refractivity (Wildman–Crippen MR) is 74.5 cm³/mol. The molecule has 0 radical (unpaired) electrons. The number of anilines is 1. The fourth-order valence-electron chi connectivity index (χ4n) is 2.01. The molecule has 7 heteroatoms. The van der Waals surface area contributed by atoms with Crippen molar-refractivity contribution in [3.05, 3.63) is 45.6 Å². The Morgan fingerprint density at radius 2 is 2.00 bits per heavy atom. The molecule has 2 heterocycles. The smallest absolute Gasteiger partial charge is 0.347 e. The molecule has 0 spiro atoms. The van der Waals surface area contributed by atoms with E-state index in [1.165, 1.54) is 17.0 Å². The van der Waals surface area contributed by atoms with Gasteiger partial charge >= 0.3 is 5.69 Å². The number of nitrogens with two attached hydrogens (primary N) is 1. The predicted octanol–water partition coefficient (Wildman–Crippen LogP) is 1.30. The van der Waals surface area contributed by atoms with Crippen LogP contribution in [0.3, 0.4) is 0 Å². The van der Waals surface area contributed by atoms with Crippen molar-refractivity contribution in [2.45, 2.75) is 6.54 Å². The van der Waals surface area contributed by atoms with Gasteiger partial charge in [0.15, 0.2) is 11.5 Å². The normalized spacial score (nSPS) is 13.2. The van der Waals surface area contributed by atoms with Crippen LogP contribution in [0.1, 0.15) is 5.56 Å².